The van der Waals surface area contributed by atoms with E-state index >= 15 is 0 Å². The molecule has 3 heteroatoms. The molecule has 1 aromatic carbocycles. The molecule has 0 aromatic heterocycles. The van der Waals surface area contributed by atoms with Crippen LogP contribution >= 0.6 is 11.6 Å². The monoisotopic (exact) mass is 269 g/mol. The number of ether oxygens (including phenoxy) is 1. The summed E-state index contributed by atoms with van der Waals surface area (Å²) < 4.78 is 5.39. The molecule has 18 heavy (non-hydrogen) atoms. The lowest BCUT2D eigenvalue weighted by atomic mass is 10.0. The third-order valence-electron chi connectivity index (χ3n) is 3.35. The van der Waals surface area contributed by atoms with Crippen molar-refractivity contribution in [2.45, 2.75) is 32.2 Å². The van der Waals surface area contributed by atoms with E-state index in [1.54, 1.807) is 7.11 Å². The molecule has 1 rings (SSSR count). The van der Waals surface area contributed by atoms with Crippen LogP contribution in [0.5, 0.6) is 5.75 Å². The molecule has 102 valence electrons. The van der Waals surface area contributed by atoms with E-state index in [1.807, 2.05) is 12.1 Å². The van der Waals surface area contributed by atoms with E-state index in [4.69, 9.17) is 16.3 Å². The quantitative estimate of drug-likeness (QED) is 0.528. The zero-order valence-corrected chi connectivity index (χ0v) is 12.4. The van der Waals surface area contributed by atoms with E-state index in [2.05, 4.69) is 31.0 Å². The number of halogens is 1. The first-order valence-corrected chi connectivity index (χ1v) is 7.10. The van der Waals surface area contributed by atoms with Crippen molar-refractivity contribution >= 4 is 11.6 Å². The molecule has 0 aliphatic heterocycles. The van der Waals surface area contributed by atoms with Crippen LogP contribution in [0.2, 0.25) is 0 Å². The molecular formula is C15H24ClNO. The molecule has 0 spiro atoms. The molecule has 0 radical (unpaired) electrons. The van der Waals surface area contributed by atoms with Crippen LogP contribution in [-0.4, -0.2) is 37.5 Å². The number of hydrogen-bond donors (Lipinski definition) is 0. The van der Waals surface area contributed by atoms with Crippen LogP contribution < -0.4 is 4.74 Å². The first-order valence-electron chi connectivity index (χ1n) is 6.57. The molecule has 0 saturated carbocycles. The Morgan fingerprint density at radius 1 is 1.28 bits per heavy atom. The first-order chi connectivity index (χ1) is 8.69. The third-order valence-corrected chi connectivity index (χ3v) is 3.62. The Kier molecular flexibility index (Phi) is 7.14. The van der Waals surface area contributed by atoms with Gasteiger partial charge in [-0.3, -0.25) is 0 Å². The van der Waals surface area contributed by atoms with E-state index in [1.165, 1.54) is 5.56 Å². The highest BCUT2D eigenvalue weighted by molar-refractivity contribution is 6.17. The first kappa shape index (κ1) is 15.3. The van der Waals surface area contributed by atoms with Crippen LogP contribution in [-0.2, 0) is 6.42 Å². The molecule has 1 atom stereocenters. The molecule has 0 amide bonds. The molecular weight excluding hydrogens is 246 g/mol. The lowest BCUT2D eigenvalue weighted by Crippen LogP contribution is -2.31. The number of nitrogens with zero attached hydrogens (tertiary/aromatic N) is 1. The normalized spacial score (nSPS) is 12.7. The van der Waals surface area contributed by atoms with Gasteiger partial charge in [-0.25, -0.2) is 0 Å². The summed E-state index contributed by atoms with van der Waals surface area (Å²) in [6, 6.07) is 8.75. The van der Waals surface area contributed by atoms with Crippen LogP contribution in [0.25, 0.3) is 0 Å². The Morgan fingerprint density at radius 3 is 2.67 bits per heavy atom. The van der Waals surface area contributed by atoms with Crippen molar-refractivity contribution in [3.8, 4) is 5.75 Å². The van der Waals surface area contributed by atoms with Gasteiger partial charge in [-0.15, -0.1) is 11.6 Å². The second-order valence-corrected chi connectivity index (χ2v) is 5.12. The highest BCUT2D eigenvalue weighted by atomic mass is 35.5. The molecule has 0 saturated heterocycles. The second kappa shape index (κ2) is 8.39. The number of rotatable bonds is 8. The fourth-order valence-electron chi connectivity index (χ4n) is 2.02. The van der Waals surface area contributed by atoms with Gasteiger partial charge in [-0.05, 0) is 51.4 Å². The smallest absolute Gasteiger partial charge is 0.122 e. The minimum atomic E-state index is 0.511. The summed E-state index contributed by atoms with van der Waals surface area (Å²) in [6.07, 6.45) is 3.27. The average Bonchev–Trinajstić information content (AvgIpc) is 2.39. The summed E-state index contributed by atoms with van der Waals surface area (Å²) in [6.45, 7) is 3.36. The van der Waals surface area contributed by atoms with Gasteiger partial charge in [0.2, 0.25) is 0 Å². The lowest BCUT2D eigenvalue weighted by Gasteiger charge is -2.25. The summed E-state index contributed by atoms with van der Waals surface area (Å²) in [4.78, 5) is 2.39. The predicted octanol–water partition coefficient (Wildman–Crippen LogP) is 3.58. The largest absolute Gasteiger partial charge is 0.496 e. The molecule has 2 nitrogen and oxygen atoms in total. The van der Waals surface area contributed by atoms with Gasteiger partial charge in [-0.2, -0.15) is 0 Å². The summed E-state index contributed by atoms with van der Waals surface area (Å²) in [5, 5.41) is 0. The highest BCUT2D eigenvalue weighted by Gasteiger charge is 2.12. The minimum Gasteiger partial charge on any atom is -0.496 e. The van der Waals surface area contributed by atoms with Crippen LogP contribution in [0.4, 0.5) is 0 Å². The van der Waals surface area contributed by atoms with Gasteiger partial charge in [0.1, 0.15) is 5.75 Å². The highest BCUT2D eigenvalue weighted by Crippen LogP contribution is 2.20. The molecule has 0 bridgehead atoms. The molecule has 1 unspecified atom stereocenters. The average molecular weight is 270 g/mol. The van der Waals surface area contributed by atoms with Crippen molar-refractivity contribution in [3.63, 3.8) is 0 Å². The Balaban J connectivity index is 2.50. The fraction of sp³-hybridized carbons (Fsp3) is 0.600. The SMILES string of the molecule is COc1ccccc1CC(C)N(C)CCCCCl. The molecule has 1 aromatic rings. The summed E-state index contributed by atoms with van der Waals surface area (Å²) in [5.74, 6) is 1.74. The van der Waals surface area contributed by atoms with Crippen molar-refractivity contribution in [3.05, 3.63) is 29.8 Å². The maximum atomic E-state index is 5.70. The maximum Gasteiger partial charge on any atom is 0.122 e. The Morgan fingerprint density at radius 2 is 2.00 bits per heavy atom. The van der Waals surface area contributed by atoms with Crippen molar-refractivity contribution in [1.29, 1.82) is 0 Å². The fourth-order valence-corrected chi connectivity index (χ4v) is 2.21. The number of benzene rings is 1. The molecule has 0 aliphatic carbocycles. The van der Waals surface area contributed by atoms with Gasteiger partial charge < -0.3 is 9.64 Å². The summed E-state index contributed by atoms with van der Waals surface area (Å²) in [5.41, 5.74) is 1.27. The van der Waals surface area contributed by atoms with Crippen molar-refractivity contribution in [2.75, 3.05) is 26.6 Å². The van der Waals surface area contributed by atoms with Gasteiger partial charge in [0.05, 0.1) is 7.11 Å². The van der Waals surface area contributed by atoms with Gasteiger partial charge in [0.15, 0.2) is 0 Å². The second-order valence-electron chi connectivity index (χ2n) is 4.74. The number of alkyl halides is 1. The van der Waals surface area contributed by atoms with Gasteiger partial charge >= 0.3 is 0 Å². The van der Waals surface area contributed by atoms with E-state index < -0.39 is 0 Å². The van der Waals surface area contributed by atoms with Crippen molar-refractivity contribution in [1.82, 2.24) is 4.90 Å². The molecule has 0 heterocycles. The van der Waals surface area contributed by atoms with Crippen LogP contribution in [0.3, 0.4) is 0 Å². The van der Waals surface area contributed by atoms with Gasteiger partial charge in [0.25, 0.3) is 0 Å². The van der Waals surface area contributed by atoms with Crippen molar-refractivity contribution in [2.24, 2.45) is 0 Å². The van der Waals surface area contributed by atoms with E-state index in [0.717, 1.165) is 37.4 Å². The van der Waals surface area contributed by atoms with Gasteiger partial charge in [0, 0.05) is 11.9 Å². The number of para-hydroxylation sites is 1. The maximum absolute atomic E-state index is 5.70. The number of hydrogen-bond acceptors (Lipinski definition) is 2. The number of unbranched alkanes of at least 4 members (excludes halogenated alkanes) is 1. The molecule has 0 fully saturated rings. The lowest BCUT2D eigenvalue weighted by molar-refractivity contribution is 0.251. The number of methoxy groups -OCH3 is 1. The summed E-state index contributed by atoms with van der Waals surface area (Å²) in [7, 11) is 3.90. The van der Waals surface area contributed by atoms with E-state index in [9.17, 15) is 0 Å². The molecule has 0 aliphatic rings. The standard InChI is InChI=1S/C15H24ClNO/c1-13(17(2)11-7-6-10-16)12-14-8-4-5-9-15(14)18-3/h4-5,8-9,13H,6-7,10-12H2,1-3H3. The van der Waals surface area contributed by atoms with E-state index in [-0.39, 0.29) is 0 Å². The van der Waals surface area contributed by atoms with E-state index in [0.29, 0.717) is 6.04 Å². The third kappa shape index (κ3) is 4.87. The topological polar surface area (TPSA) is 12.5 Å². The van der Waals surface area contributed by atoms with Crippen LogP contribution in [0.1, 0.15) is 25.3 Å². The molecule has 0 N–H and O–H groups in total. The number of likely N-dealkylation sites (N-methyl/N-ethyl adjacent to an activating group) is 1. The predicted molar refractivity (Wildman–Crippen MR) is 78.7 cm³/mol. The Labute approximate surface area is 116 Å². The summed E-state index contributed by atoms with van der Waals surface area (Å²) >= 11 is 5.70. The Hall–Kier alpha value is -0.730. The zero-order chi connectivity index (χ0) is 13.4. The zero-order valence-electron chi connectivity index (χ0n) is 11.7. The van der Waals surface area contributed by atoms with Gasteiger partial charge in [-0.1, -0.05) is 18.2 Å². The van der Waals surface area contributed by atoms with Crippen LogP contribution in [0.15, 0.2) is 24.3 Å². The van der Waals surface area contributed by atoms with Crippen molar-refractivity contribution < 1.29 is 4.74 Å². The van der Waals surface area contributed by atoms with Crippen LogP contribution in [0, 0.1) is 0 Å². The Bertz CT molecular complexity index is 343. The minimum absolute atomic E-state index is 0.511.